The molecule has 0 heterocycles. The van der Waals surface area contributed by atoms with E-state index in [0.29, 0.717) is 10.7 Å². The minimum absolute atomic E-state index is 0.169. The number of benzene rings is 2. The third-order valence-corrected chi connectivity index (χ3v) is 3.01. The zero-order valence-corrected chi connectivity index (χ0v) is 10.4. The molecule has 2 aromatic carbocycles. The summed E-state index contributed by atoms with van der Waals surface area (Å²) in [5.41, 5.74) is 1.08. The molecule has 4 heteroatoms. The summed E-state index contributed by atoms with van der Waals surface area (Å²) in [6, 6.07) is 13.1. The molecule has 0 aliphatic rings. The van der Waals surface area contributed by atoms with Gasteiger partial charge in [0.05, 0.1) is 18.3 Å². The van der Waals surface area contributed by atoms with E-state index in [0.717, 1.165) is 5.56 Å². The lowest BCUT2D eigenvalue weighted by Crippen LogP contribution is -2.16. The van der Waals surface area contributed by atoms with Gasteiger partial charge in [0.2, 0.25) is 0 Å². The molecule has 0 spiro atoms. The Hall–Kier alpha value is -1.58. The zero-order valence-electron chi connectivity index (χ0n) is 9.61. The van der Waals surface area contributed by atoms with Gasteiger partial charge < -0.3 is 10.4 Å². The number of aliphatic hydroxyl groups is 1. The monoisotopic (exact) mass is 265 g/mol. The van der Waals surface area contributed by atoms with E-state index in [9.17, 15) is 9.50 Å². The Morgan fingerprint density at radius 3 is 2.44 bits per heavy atom. The Bertz CT molecular complexity index is 533. The van der Waals surface area contributed by atoms with Gasteiger partial charge in [0.15, 0.2) is 0 Å². The van der Waals surface area contributed by atoms with Crippen molar-refractivity contribution in [2.75, 3.05) is 11.9 Å². The molecule has 1 unspecified atom stereocenters. The first-order valence-corrected chi connectivity index (χ1v) is 5.96. The molecule has 0 aromatic heterocycles. The van der Waals surface area contributed by atoms with Gasteiger partial charge in [-0.3, -0.25) is 0 Å². The highest BCUT2D eigenvalue weighted by Crippen LogP contribution is 2.26. The SMILES string of the molecule is OCC(Nc1ccccc1F)c1ccccc1Cl. The Kier molecular flexibility index (Phi) is 4.18. The fraction of sp³-hybridized carbons (Fsp3) is 0.143. The van der Waals surface area contributed by atoms with Gasteiger partial charge in [-0.25, -0.2) is 4.39 Å². The molecule has 0 radical (unpaired) electrons. The predicted molar refractivity (Wildman–Crippen MR) is 71.3 cm³/mol. The fourth-order valence-corrected chi connectivity index (χ4v) is 2.01. The van der Waals surface area contributed by atoms with Crippen LogP contribution in [0.1, 0.15) is 11.6 Å². The predicted octanol–water partition coefficient (Wildman–Crippen LogP) is 3.62. The molecule has 2 nitrogen and oxygen atoms in total. The van der Waals surface area contributed by atoms with Crippen LogP contribution in [0.5, 0.6) is 0 Å². The lowest BCUT2D eigenvalue weighted by molar-refractivity contribution is 0.276. The van der Waals surface area contributed by atoms with Crippen LogP contribution >= 0.6 is 11.6 Å². The van der Waals surface area contributed by atoms with Gasteiger partial charge in [-0.05, 0) is 23.8 Å². The smallest absolute Gasteiger partial charge is 0.146 e. The van der Waals surface area contributed by atoms with Crippen LogP contribution in [0.3, 0.4) is 0 Å². The average molecular weight is 266 g/mol. The van der Waals surface area contributed by atoms with Crippen LogP contribution in [-0.2, 0) is 0 Å². The van der Waals surface area contributed by atoms with Crippen molar-refractivity contribution in [1.29, 1.82) is 0 Å². The molecular weight excluding hydrogens is 253 g/mol. The van der Waals surface area contributed by atoms with Crippen LogP contribution in [0.2, 0.25) is 5.02 Å². The van der Waals surface area contributed by atoms with Crippen LogP contribution < -0.4 is 5.32 Å². The molecule has 18 heavy (non-hydrogen) atoms. The number of para-hydroxylation sites is 1. The molecule has 0 saturated heterocycles. The molecule has 0 aliphatic heterocycles. The van der Waals surface area contributed by atoms with Crippen molar-refractivity contribution in [3.05, 3.63) is 64.9 Å². The summed E-state index contributed by atoms with van der Waals surface area (Å²) < 4.78 is 13.5. The molecular formula is C14H13ClFNO. The van der Waals surface area contributed by atoms with Gasteiger partial charge in [-0.1, -0.05) is 41.9 Å². The van der Waals surface area contributed by atoms with E-state index in [1.807, 2.05) is 12.1 Å². The van der Waals surface area contributed by atoms with Crippen molar-refractivity contribution >= 4 is 17.3 Å². The van der Waals surface area contributed by atoms with Crippen molar-refractivity contribution < 1.29 is 9.50 Å². The number of aliphatic hydroxyl groups excluding tert-OH is 1. The molecule has 0 saturated carbocycles. The van der Waals surface area contributed by atoms with Crippen LogP contribution in [-0.4, -0.2) is 11.7 Å². The average Bonchev–Trinajstić information content (AvgIpc) is 2.39. The van der Waals surface area contributed by atoms with Gasteiger partial charge in [-0.15, -0.1) is 0 Å². The summed E-state index contributed by atoms with van der Waals surface area (Å²) in [4.78, 5) is 0. The largest absolute Gasteiger partial charge is 0.394 e. The zero-order chi connectivity index (χ0) is 13.0. The summed E-state index contributed by atoms with van der Waals surface area (Å²) >= 11 is 6.06. The van der Waals surface area contributed by atoms with E-state index >= 15 is 0 Å². The number of anilines is 1. The lowest BCUT2D eigenvalue weighted by atomic mass is 10.1. The minimum atomic E-state index is -0.435. The maximum atomic E-state index is 13.5. The fourth-order valence-electron chi connectivity index (χ4n) is 1.75. The quantitative estimate of drug-likeness (QED) is 0.885. The van der Waals surface area contributed by atoms with E-state index < -0.39 is 6.04 Å². The van der Waals surface area contributed by atoms with E-state index in [-0.39, 0.29) is 12.4 Å². The van der Waals surface area contributed by atoms with Crippen LogP contribution in [0.25, 0.3) is 0 Å². The topological polar surface area (TPSA) is 32.3 Å². The maximum absolute atomic E-state index is 13.5. The summed E-state index contributed by atoms with van der Waals surface area (Å²) in [6.45, 7) is -0.169. The normalized spacial score (nSPS) is 12.2. The van der Waals surface area contributed by atoms with Crippen molar-refractivity contribution in [3.63, 3.8) is 0 Å². The first kappa shape index (κ1) is 12.9. The van der Waals surface area contributed by atoms with E-state index in [4.69, 9.17) is 11.6 Å². The summed E-state index contributed by atoms with van der Waals surface area (Å²) in [5.74, 6) is -0.358. The Morgan fingerprint density at radius 1 is 1.11 bits per heavy atom. The Labute approximate surface area is 110 Å². The second kappa shape index (κ2) is 5.85. The van der Waals surface area contributed by atoms with Crippen LogP contribution in [0.4, 0.5) is 10.1 Å². The lowest BCUT2D eigenvalue weighted by Gasteiger charge is -2.19. The van der Waals surface area contributed by atoms with E-state index in [1.165, 1.54) is 6.07 Å². The third kappa shape index (κ3) is 2.81. The number of hydrogen-bond donors (Lipinski definition) is 2. The minimum Gasteiger partial charge on any atom is -0.394 e. The standard InChI is InChI=1S/C14H13ClFNO/c15-11-6-2-1-5-10(11)14(9-18)17-13-8-4-3-7-12(13)16/h1-8,14,17-18H,9H2. The molecule has 2 rings (SSSR count). The second-order valence-electron chi connectivity index (χ2n) is 3.88. The Morgan fingerprint density at radius 2 is 1.78 bits per heavy atom. The maximum Gasteiger partial charge on any atom is 0.146 e. The summed E-state index contributed by atoms with van der Waals surface area (Å²) in [5, 5.41) is 12.9. The molecule has 0 fully saturated rings. The number of hydrogen-bond acceptors (Lipinski definition) is 2. The molecule has 2 N–H and O–H groups in total. The number of rotatable bonds is 4. The van der Waals surface area contributed by atoms with Gasteiger partial charge in [-0.2, -0.15) is 0 Å². The van der Waals surface area contributed by atoms with Crippen molar-refractivity contribution in [2.24, 2.45) is 0 Å². The van der Waals surface area contributed by atoms with E-state index in [2.05, 4.69) is 5.32 Å². The van der Waals surface area contributed by atoms with Crippen LogP contribution in [0, 0.1) is 5.82 Å². The van der Waals surface area contributed by atoms with Gasteiger partial charge in [0, 0.05) is 5.02 Å². The van der Waals surface area contributed by atoms with Gasteiger partial charge in [0.25, 0.3) is 0 Å². The molecule has 0 amide bonds. The molecule has 0 bridgehead atoms. The van der Waals surface area contributed by atoms with Gasteiger partial charge >= 0.3 is 0 Å². The van der Waals surface area contributed by atoms with E-state index in [1.54, 1.807) is 30.3 Å². The Balaban J connectivity index is 2.26. The molecule has 2 aromatic rings. The highest BCUT2D eigenvalue weighted by atomic mass is 35.5. The highest BCUT2D eigenvalue weighted by Gasteiger charge is 2.14. The molecule has 0 aliphatic carbocycles. The first-order valence-electron chi connectivity index (χ1n) is 5.58. The third-order valence-electron chi connectivity index (χ3n) is 2.67. The number of halogens is 2. The second-order valence-corrected chi connectivity index (χ2v) is 4.29. The van der Waals surface area contributed by atoms with Crippen LogP contribution in [0.15, 0.2) is 48.5 Å². The van der Waals surface area contributed by atoms with Crippen molar-refractivity contribution in [2.45, 2.75) is 6.04 Å². The molecule has 1 atom stereocenters. The molecule has 94 valence electrons. The van der Waals surface area contributed by atoms with Crippen molar-refractivity contribution in [1.82, 2.24) is 0 Å². The highest BCUT2D eigenvalue weighted by molar-refractivity contribution is 6.31. The van der Waals surface area contributed by atoms with Gasteiger partial charge in [0.1, 0.15) is 5.82 Å². The first-order chi connectivity index (χ1) is 8.72. The summed E-state index contributed by atoms with van der Waals surface area (Å²) in [7, 11) is 0. The van der Waals surface area contributed by atoms with Crippen molar-refractivity contribution in [3.8, 4) is 0 Å². The summed E-state index contributed by atoms with van der Waals surface area (Å²) in [6.07, 6.45) is 0. The number of nitrogens with one attached hydrogen (secondary N) is 1.